The van der Waals surface area contributed by atoms with Crippen LogP contribution in [0.2, 0.25) is 0 Å². The van der Waals surface area contributed by atoms with Crippen molar-refractivity contribution in [2.45, 2.75) is 58.7 Å². The molecule has 2 aliphatic carbocycles. The molecule has 1 saturated carbocycles. The number of allylic oxidation sites excluding steroid dienone is 3. The van der Waals surface area contributed by atoms with Gasteiger partial charge in [-0.3, -0.25) is 14.4 Å². The van der Waals surface area contributed by atoms with E-state index in [2.05, 4.69) is 6.92 Å². The summed E-state index contributed by atoms with van der Waals surface area (Å²) in [5.41, 5.74) is 1.53. The van der Waals surface area contributed by atoms with Crippen molar-refractivity contribution >= 4 is 17.7 Å². The van der Waals surface area contributed by atoms with Gasteiger partial charge < -0.3 is 13.9 Å². The molecule has 0 radical (unpaired) electrons. The molecule has 4 aliphatic rings. The third-order valence-corrected chi connectivity index (χ3v) is 7.97. The monoisotopic (exact) mass is 424 g/mol. The topological polar surface area (TPSA) is 82.8 Å². The third kappa shape index (κ3) is 2.94. The van der Waals surface area contributed by atoms with Gasteiger partial charge in [0, 0.05) is 28.4 Å². The van der Waals surface area contributed by atoms with Crippen LogP contribution in [0.4, 0.5) is 0 Å². The number of esters is 2. The van der Waals surface area contributed by atoms with Crippen LogP contribution in [-0.2, 0) is 23.9 Å². The molecule has 2 saturated heterocycles. The predicted molar refractivity (Wildman–Crippen MR) is 110 cm³/mol. The van der Waals surface area contributed by atoms with E-state index in [0.717, 1.165) is 29.6 Å². The average molecular weight is 424 g/mol. The van der Waals surface area contributed by atoms with Gasteiger partial charge in [-0.1, -0.05) is 19.9 Å². The molecular formula is C25H28O6. The van der Waals surface area contributed by atoms with Crippen LogP contribution in [0.5, 0.6) is 0 Å². The molecule has 2 aliphatic heterocycles. The predicted octanol–water partition coefficient (Wildman–Crippen LogP) is 4.32. The zero-order chi connectivity index (χ0) is 22.1. The summed E-state index contributed by atoms with van der Waals surface area (Å²) >= 11 is 0. The Morgan fingerprint density at radius 1 is 1.19 bits per heavy atom. The van der Waals surface area contributed by atoms with E-state index in [1.54, 1.807) is 18.6 Å². The normalized spacial score (nSPS) is 38.5. The lowest BCUT2D eigenvalue weighted by Crippen LogP contribution is -2.37. The number of hydrogen-bond acceptors (Lipinski definition) is 6. The second kappa shape index (κ2) is 6.68. The van der Waals surface area contributed by atoms with Gasteiger partial charge in [-0.15, -0.1) is 0 Å². The number of furan rings is 1. The van der Waals surface area contributed by atoms with Crippen LogP contribution in [-0.4, -0.2) is 23.3 Å². The summed E-state index contributed by atoms with van der Waals surface area (Å²) in [6.07, 6.45) is 8.45. The molecular weight excluding hydrogens is 396 g/mol. The standard InChI is InChI=1S/C25H28O6/c1-13(18-11-20(27)31-24(18,2)3)9-16-15-5-7-25(4)21(17(15)10-19(16)26)23(28)30-22(25)14-6-8-29-12-14/h6,8-10,12-13,15,18,21-22H,5,7,11H2,1-4H3/b16-9-/t13-,15+,18-,21-,22+,25-/m1/s1. The Balaban J connectivity index is 1.44. The Labute approximate surface area is 181 Å². The smallest absolute Gasteiger partial charge is 0.314 e. The van der Waals surface area contributed by atoms with Crippen molar-refractivity contribution < 1.29 is 28.3 Å². The highest BCUT2D eigenvalue weighted by molar-refractivity contribution is 6.09. The largest absolute Gasteiger partial charge is 0.472 e. The van der Waals surface area contributed by atoms with Crippen molar-refractivity contribution in [3.63, 3.8) is 0 Å². The minimum Gasteiger partial charge on any atom is -0.472 e. The number of carbonyl (C=O) groups excluding carboxylic acids is 3. The summed E-state index contributed by atoms with van der Waals surface area (Å²) in [4.78, 5) is 37.8. The van der Waals surface area contributed by atoms with E-state index < -0.39 is 16.9 Å². The first-order valence-electron chi connectivity index (χ1n) is 11.0. The molecule has 31 heavy (non-hydrogen) atoms. The minimum atomic E-state index is -0.552. The summed E-state index contributed by atoms with van der Waals surface area (Å²) in [6, 6.07) is 1.84. The Hall–Kier alpha value is -2.63. The molecule has 6 heteroatoms. The second-order valence-corrected chi connectivity index (χ2v) is 10.3. The van der Waals surface area contributed by atoms with Gasteiger partial charge in [0.05, 0.1) is 24.9 Å². The SMILES string of the molecule is C[C@H](/C=C1\C(=O)C=C2[C@@H]3C(=O)O[C@@H](c4ccoc4)[C@]3(C)CC[C@H]21)[C@H]1CC(=O)OC1(C)C. The molecule has 3 heterocycles. The summed E-state index contributed by atoms with van der Waals surface area (Å²) < 4.78 is 16.5. The lowest BCUT2D eigenvalue weighted by Gasteiger charge is -2.40. The van der Waals surface area contributed by atoms with E-state index in [1.165, 1.54) is 0 Å². The molecule has 1 aromatic rings. The van der Waals surface area contributed by atoms with Gasteiger partial charge in [-0.05, 0) is 50.3 Å². The lowest BCUT2D eigenvalue weighted by atomic mass is 9.60. The maximum absolute atomic E-state index is 13.0. The van der Waals surface area contributed by atoms with E-state index in [0.29, 0.717) is 6.42 Å². The fraction of sp³-hybridized carbons (Fsp3) is 0.560. The number of hydrogen-bond donors (Lipinski definition) is 0. The Morgan fingerprint density at radius 3 is 2.61 bits per heavy atom. The first kappa shape index (κ1) is 20.3. The van der Waals surface area contributed by atoms with Crippen molar-refractivity contribution in [3.8, 4) is 0 Å². The molecule has 0 spiro atoms. The first-order chi connectivity index (χ1) is 14.6. The van der Waals surface area contributed by atoms with Gasteiger partial charge >= 0.3 is 11.9 Å². The van der Waals surface area contributed by atoms with Gasteiger partial charge in [0.2, 0.25) is 0 Å². The van der Waals surface area contributed by atoms with Crippen LogP contribution in [0.1, 0.15) is 58.6 Å². The quantitative estimate of drug-likeness (QED) is 0.531. The van der Waals surface area contributed by atoms with Gasteiger partial charge in [-0.2, -0.15) is 0 Å². The van der Waals surface area contributed by atoms with Crippen molar-refractivity contribution in [3.05, 3.63) is 47.5 Å². The minimum absolute atomic E-state index is 0.00988. The summed E-state index contributed by atoms with van der Waals surface area (Å²) in [6.45, 7) is 7.97. The molecule has 3 fully saturated rings. The van der Waals surface area contributed by atoms with E-state index >= 15 is 0 Å². The Bertz CT molecular complexity index is 1010. The van der Waals surface area contributed by atoms with Crippen LogP contribution < -0.4 is 0 Å². The van der Waals surface area contributed by atoms with Crippen LogP contribution in [0.3, 0.4) is 0 Å². The van der Waals surface area contributed by atoms with Crippen LogP contribution in [0.15, 0.2) is 46.3 Å². The molecule has 1 aromatic heterocycles. The van der Waals surface area contributed by atoms with Crippen molar-refractivity contribution in [1.82, 2.24) is 0 Å². The van der Waals surface area contributed by atoms with E-state index in [9.17, 15) is 14.4 Å². The first-order valence-corrected chi connectivity index (χ1v) is 11.0. The summed E-state index contributed by atoms with van der Waals surface area (Å²) in [5.74, 6) is -0.949. The molecule has 0 amide bonds. The fourth-order valence-electron chi connectivity index (χ4n) is 6.41. The van der Waals surface area contributed by atoms with Crippen LogP contribution >= 0.6 is 0 Å². The zero-order valence-corrected chi connectivity index (χ0v) is 18.3. The number of rotatable bonds is 3. The second-order valence-electron chi connectivity index (χ2n) is 10.3. The van der Waals surface area contributed by atoms with Gasteiger partial charge in [-0.25, -0.2) is 0 Å². The number of carbonyl (C=O) groups is 3. The van der Waals surface area contributed by atoms with E-state index in [-0.39, 0.29) is 41.6 Å². The highest BCUT2D eigenvalue weighted by Crippen LogP contribution is 2.61. The van der Waals surface area contributed by atoms with Gasteiger partial charge in [0.15, 0.2) is 5.78 Å². The molecule has 0 N–H and O–H groups in total. The number of ether oxygens (including phenoxy) is 2. The average Bonchev–Trinajstić information content (AvgIpc) is 3.42. The number of fused-ring (bicyclic) bond motifs is 3. The fourth-order valence-corrected chi connectivity index (χ4v) is 6.41. The number of ketones is 1. The van der Waals surface area contributed by atoms with Gasteiger partial charge in [0.25, 0.3) is 0 Å². The van der Waals surface area contributed by atoms with Crippen LogP contribution in [0, 0.1) is 29.1 Å². The molecule has 6 nitrogen and oxygen atoms in total. The maximum Gasteiger partial charge on any atom is 0.314 e. The summed E-state index contributed by atoms with van der Waals surface area (Å²) in [7, 11) is 0. The van der Waals surface area contributed by atoms with Gasteiger partial charge in [0.1, 0.15) is 11.7 Å². The summed E-state index contributed by atoms with van der Waals surface area (Å²) in [5, 5.41) is 0. The highest BCUT2D eigenvalue weighted by atomic mass is 16.6. The molecule has 0 bridgehead atoms. The Kier molecular flexibility index (Phi) is 4.37. The molecule has 0 unspecified atom stereocenters. The highest BCUT2D eigenvalue weighted by Gasteiger charge is 2.61. The zero-order valence-electron chi connectivity index (χ0n) is 18.3. The molecule has 6 atom stereocenters. The third-order valence-electron chi connectivity index (χ3n) is 7.97. The number of cyclic esters (lactones) is 2. The molecule has 164 valence electrons. The molecule has 5 rings (SSSR count). The van der Waals surface area contributed by atoms with Crippen molar-refractivity contribution in [2.24, 2.45) is 29.1 Å². The maximum atomic E-state index is 13.0. The lowest BCUT2D eigenvalue weighted by molar-refractivity contribution is -0.147. The van der Waals surface area contributed by atoms with Crippen molar-refractivity contribution in [1.29, 1.82) is 0 Å². The van der Waals surface area contributed by atoms with E-state index in [1.807, 2.05) is 32.9 Å². The van der Waals surface area contributed by atoms with Crippen molar-refractivity contribution in [2.75, 3.05) is 0 Å². The van der Waals surface area contributed by atoms with E-state index in [4.69, 9.17) is 13.9 Å². The Morgan fingerprint density at radius 2 is 1.97 bits per heavy atom. The molecule has 0 aromatic carbocycles. The van der Waals surface area contributed by atoms with Crippen LogP contribution in [0.25, 0.3) is 0 Å².